The minimum absolute atomic E-state index is 0.0356. The van der Waals surface area contributed by atoms with E-state index in [1.807, 2.05) is 31.2 Å². The smallest absolute Gasteiger partial charge is 0.249 e. The summed E-state index contributed by atoms with van der Waals surface area (Å²) in [6, 6.07) is 13.3. The number of carbonyl (C=O) groups is 2. The van der Waals surface area contributed by atoms with Gasteiger partial charge in [-0.05, 0) is 24.6 Å². The average Bonchev–Trinajstić information content (AvgIpc) is 2.51. The molecule has 23 heavy (non-hydrogen) atoms. The molecule has 2 aromatic rings. The monoisotopic (exact) mass is 313 g/mol. The van der Waals surface area contributed by atoms with E-state index in [1.54, 1.807) is 6.07 Å². The van der Waals surface area contributed by atoms with Gasteiger partial charge in [0.1, 0.15) is 12.2 Å². The van der Waals surface area contributed by atoms with Crippen LogP contribution in [0.2, 0.25) is 0 Å². The van der Waals surface area contributed by atoms with Crippen LogP contribution in [0.4, 0.5) is 10.1 Å². The third-order valence-electron chi connectivity index (χ3n) is 2.95. The zero-order chi connectivity index (χ0) is 16.7. The molecule has 2 amide bonds. The minimum Gasteiger partial charge on any atom is -0.323 e. The highest BCUT2D eigenvalue weighted by Crippen LogP contribution is 2.12. The zero-order valence-electron chi connectivity index (χ0n) is 12.5. The lowest BCUT2D eigenvalue weighted by atomic mass is 10.2. The van der Waals surface area contributed by atoms with Crippen LogP contribution in [0.5, 0.6) is 0 Å². The highest BCUT2D eigenvalue weighted by Gasteiger charge is 2.10. The van der Waals surface area contributed by atoms with Gasteiger partial charge < -0.3 is 5.32 Å². The molecule has 118 valence electrons. The van der Waals surface area contributed by atoms with E-state index in [4.69, 9.17) is 0 Å². The summed E-state index contributed by atoms with van der Waals surface area (Å²) in [7, 11) is 0. The summed E-state index contributed by atoms with van der Waals surface area (Å²) in [5, 5.41) is 6.10. The van der Waals surface area contributed by atoms with Crippen LogP contribution in [0, 0.1) is 12.7 Å². The van der Waals surface area contributed by atoms with Crippen LogP contribution in [0.25, 0.3) is 0 Å². The molecule has 6 heteroatoms. The molecule has 0 unspecified atom stereocenters. The van der Waals surface area contributed by atoms with Crippen LogP contribution in [-0.4, -0.2) is 18.0 Å². The van der Waals surface area contributed by atoms with E-state index >= 15 is 0 Å². The number of nitrogens with zero attached hydrogens (tertiary/aromatic N) is 1. The van der Waals surface area contributed by atoms with Gasteiger partial charge in [-0.1, -0.05) is 42.0 Å². The van der Waals surface area contributed by atoms with Crippen molar-refractivity contribution in [2.24, 2.45) is 5.10 Å². The van der Waals surface area contributed by atoms with Crippen LogP contribution < -0.4 is 10.7 Å². The van der Waals surface area contributed by atoms with Crippen molar-refractivity contribution in [3.63, 3.8) is 0 Å². The van der Waals surface area contributed by atoms with Crippen molar-refractivity contribution < 1.29 is 14.0 Å². The average molecular weight is 313 g/mol. The lowest BCUT2D eigenvalue weighted by Crippen LogP contribution is -2.24. The maximum atomic E-state index is 13.4. The highest BCUT2D eigenvalue weighted by atomic mass is 19.1. The normalized spacial score (nSPS) is 10.5. The van der Waals surface area contributed by atoms with Gasteiger partial charge in [-0.3, -0.25) is 9.59 Å². The summed E-state index contributed by atoms with van der Waals surface area (Å²) in [5.74, 6) is -1.75. The molecule has 0 saturated heterocycles. The molecule has 2 aromatic carbocycles. The van der Waals surface area contributed by atoms with E-state index in [0.29, 0.717) is 0 Å². The molecule has 0 aliphatic rings. The molecule has 0 aliphatic carbocycles. The van der Waals surface area contributed by atoms with Gasteiger partial charge in [-0.2, -0.15) is 5.10 Å². The van der Waals surface area contributed by atoms with Gasteiger partial charge in [0.05, 0.1) is 11.9 Å². The fourth-order valence-electron chi connectivity index (χ4n) is 1.77. The van der Waals surface area contributed by atoms with E-state index in [0.717, 1.165) is 11.1 Å². The minimum atomic E-state index is -0.613. The summed E-state index contributed by atoms with van der Waals surface area (Å²) in [6.07, 6.45) is 1.03. The number of aryl methyl sites for hydroxylation is 1. The van der Waals surface area contributed by atoms with E-state index in [9.17, 15) is 14.0 Å². The zero-order valence-corrected chi connectivity index (χ0v) is 12.5. The molecule has 0 aliphatic heterocycles. The van der Waals surface area contributed by atoms with E-state index < -0.39 is 24.1 Å². The number of rotatable bonds is 5. The summed E-state index contributed by atoms with van der Waals surface area (Å²) in [4.78, 5) is 23.2. The van der Waals surface area contributed by atoms with Crippen LogP contribution >= 0.6 is 0 Å². The maximum Gasteiger partial charge on any atom is 0.249 e. The SMILES string of the molecule is Cc1ccc(C=NNC(=O)CC(=O)Nc2ccccc2F)cc1. The van der Waals surface area contributed by atoms with E-state index in [1.165, 1.54) is 24.4 Å². The third kappa shape index (κ3) is 5.35. The van der Waals surface area contributed by atoms with Crippen LogP contribution in [0.15, 0.2) is 53.6 Å². The summed E-state index contributed by atoms with van der Waals surface area (Å²) < 4.78 is 13.4. The Hall–Kier alpha value is -3.02. The molecule has 2 N–H and O–H groups in total. The lowest BCUT2D eigenvalue weighted by Gasteiger charge is -2.05. The van der Waals surface area contributed by atoms with Crippen LogP contribution in [0.1, 0.15) is 17.5 Å². The number of hydrazone groups is 1. The highest BCUT2D eigenvalue weighted by molar-refractivity contribution is 6.03. The van der Waals surface area contributed by atoms with Gasteiger partial charge >= 0.3 is 0 Å². The molecule has 0 spiro atoms. The Labute approximate surface area is 133 Å². The van der Waals surface area contributed by atoms with E-state index in [-0.39, 0.29) is 5.69 Å². The van der Waals surface area contributed by atoms with Crippen molar-refractivity contribution in [2.45, 2.75) is 13.3 Å². The van der Waals surface area contributed by atoms with Crippen LogP contribution in [0.3, 0.4) is 0 Å². The van der Waals surface area contributed by atoms with Crippen molar-refractivity contribution in [1.82, 2.24) is 5.43 Å². The number of anilines is 1. The lowest BCUT2D eigenvalue weighted by molar-refractivity contribution is -0.126. The van der Waals surface area contributed by atoms with Gasteiger partial charge in [-0.15, -0.1) is 0 Å². The number of nitrogens with one attached hydrogen (secondary N) is 2. The van der Waals surface area contributed by atoms with Crippen molar-refractivity contribution >= 4 is 23.7 Å². The predicted octanol–water partition coefficient (Wildman–Crippen LogP) is 2.61. The van der Waals surface area contributed by atoms with Crippen molar-refractivity contribution in [3.05, 3.63) is 65.5 Å². The van der Waals surface area contributed by atoms with E-state index in [2.05, 4.69) is 15.8 Å². The first-order valence-corrected chi connectivity index (χ1v) is 6.97. The largest absolute Gasteiger partial charge is 0.323 e. The molecule has 0 aromatic heterocycles. The molecular formula is C17H16FN3O2. The summed E-state index contributed by atoms with van der Waals surface area (Å²) >= 11 is 0. The fraction of sp³-hybridized carbons (Fsp3) is 0.118. The second kappa shape index (κ2) is 7.84. The standard InChI is InChI=1S/C17H16FN3O2/c1-12-6-8-13(9-7-12)11-19-21-17(23)10-16(22)20-15-5-3-2-4-14(15)18/h2-9,11H,10H2,1H3,(H,20,22)(H,21,23). The first-order chi connectivity index (χ1) is 11.0. The molecule has 0 radical (unpaired) electrons. The second-order valence-electron chi connectivity index (χ2n) is 4.91. The number of carbonyl (C=O) groups excluding carboxylic acids is 2. The Morgan fingerprint density at radius 1 is 1.09 bits per heavy atom. The second-order valence-corrected chi connectivity index (χ2v) is 4.91. The van der Waals surface area contributed by atoms with Crippen LogP contribution in [-0.2, 0) is 9.59 Å². The Balaban J connectivity index is 1.81. The molecular weight excluding hydrogens is 297 g/mol. The maximum absolute atomic E-state index is 13.4. The predicted molar refractivity (Wildman–Crippen MR) is 86.6 cm³/mol. The number of benzene rings is 2. The van der Waals surface area contributed by atoms with Gasteiger partial charge in [0, 0.05) is 0 Å². The topological polar surface area (TPSA) is 70.6 Å². The summed E-state index contributed by atoms with van der Waals surface area (Å²) in [5.41, 5.74) is 4.24. The molecule has 0 saturated carbocycles. The number of para-hydroxylation sites is 1. The first kappa shape index (κ1) is 16.4. The number of hydrogen-bond acceptors (Lipinski definition) is 3. The number of halogens is 1. The molecule has 0 atom stereocenters. The quantitative estimate of drug-likeness (QED) is 0.506. The fourth-order valence-corrected chi connectivity index (χ4v) is 1.77. The van der Waals surface area contributed by atoms with Gasteiger partial charge in [-0.25, -0.2) is 9.82 Å². The number of hydrogen-bond donors (Lipinski definition) is 2. The Morgan fingerprint density at radius 3 is 2.48 bits per heavy atom. The van der Waals surface area contributed by atoms with Gasteiger partial charge in [0.25, 0.3) is 0 Å². The summed E-state index contributed by atoms with van der Waals surface area (Å²) in [6.45, 7) is 1.97. The molecule has 0 fully saturated rings. The van der Waals surface area contributed by atoms with Crippen molar-refractivity contribution in [2.75, 3.05) is 5.32 Å². The number of amides is 2. The Kier molecular flexibility index (Phi) is 5.57. The van der Waals surface area contributed by atoms with Gasteiger partial charge in [0.2, 0.25) is 11.8 Å². The molecule has 0 bridgehead atoms. The first-order valence-electron chi connectivity index (χ1n) is 6.97. The Morgan fingerprint density at radius 2 is 1.78 bits per heavy atom. The van der Waals surface area contributed by atoms with Crippen molar-refractivity contribution in [1.29, 1.82) is 0 Å². The molecule has 5 nitrogen and oxygen atoms in total. The third-order valence-corrected chi connectivity index (χ3v) is 2.95. The molecule has 0 heterocycles. The Bertz CT molecular complexity index is 727. The van der Waals surface area contributed by atoms with Crippen molar-refractivity contribution in [3.8, 4) is 0 Å². The van der Waals surface area contributed by atoms with Gasteiger partial charge in [0.15, 0.2) is 0 Å². The molecule has 2 rings (SSSR count).